The number of carbonyl (C=O) groups is 2. The van der Waals surface area contributed by atoms with Crippen LogP contribution in [0.1, 0.15) is 43.4 Å². The molecule has 0 unspecified atom stereocenters. The van der Waals surface area contributed by atoms with Gasteiger partial charge in [0.15, 0.2) is 5.82 Å². The summed E-state index contributed by atoms with van der Waals surface area (Å²) in [4.78, 5) is 30.8. The Bertz CT molecular complexity index is 798. The molecule has 0 aromatic carbocycles. The summed E-state index contributed by atoms with van der Waals surface area (Å²) in [6.45, 7) is 1.93. The second-order valence-corrected chi connectivity index (χ2v) is 6.85. The number of aromatic nitrogens is 2. The minimum absolute atomic E-state index is 0.215. The maximum absolute atomic E-state index is 12.1. The summed E-state index contributed by atoms with van der Waals surface area (Å²) in [5, 5.41) is 8.70. The van der Waals surface area contributed by atoms with E-state index in [2.05, 4.69) is 25.7 Å². The number of hydrogen-bond donors (Lipinski definition) is 2. The van der Waals surface area contributed by atoms with Crippen molar-refractivity contribution in [3.05, 3.63) is 35.7 Å². The van der Waals surface area contributed by atoms with Gasteiger partial charge in [-0.3, -0.25) is 14.9 Å². The molecule has 2 aromatic heterocycles. The zero-order valence-corrected chi connectivity index (χ0v) is 15.7. The lowest BCUT2D eigenvalue weighted by Gasteiger charge is -2.33. The van der Waals surface area contributed by atoms with E-state index in [-0.39, 0.29) is 12.4 Å². The van der Waals surface area contributed by atoms with Crippen LogP contribution in [0.4, 0.5) is 11.6 Å². The predicted octanol–water partition coefficient (Wildman–Crippen LogP) is 2.40. The van der Waals surface area contributed by atoms with E-state index in [1.165, 1.54) is 19.3 Å². The fourth-order valence-electron chi connectivity index (χ4n) is 3.38. The molecule has 2 aromatic rings. The second kappa shape index (κ2) is 8.66. The number of carbonyl (C=O) groups excluding carboxylic acids is 2. The lowest BCUT2D eigenvalue weighted by atomic mass is 9.94. The van der Waals surface area contributed by atoms with E-state index in [0.717, 1.165) is 24.2 Å². The van der Waals surface area contributed by atoms with Crippen LogP contribution in [-0.2, 0) is 16.1 Å². The number of anilines is 2. The molecule has 1 aliphatic carbocycles. The maximum atomic E-state index is 12.1. The van der Waals surface area contributed by atoms with Gasteiger partial charge in [-0.15, -0.1) is 0 Å². The predicted molar refractivity (Wildman–Crippen MR) is 101 cm³/mol. The van der Waals surface area contributed by atoms with Crippen LogP contribution < -0.4 is 15.5 Å². The normalized spacial score (nSPS) is 14.6. The standard InChI is InChI=1S/C19H25N5O3/c1-13-11-16(23-27-13)22-19(26)18(25)21-12-14-7-6-10-20-17(14)24(2)15-8-4-3-5-9-15/h6-7,10-11,15H,3-5,8-9,12H2,1-2H3,(H,21,25)(H,22,23,26). The average Bonchev–Trinajstić information content (AvgIpc) is 3.11. The molecule has 2 heterocycles. The van der Waals surface area contributed by atoms with Crippen LogP contribution in [0.15, 0.2) is 28.9 Å². The summed E-state index contributed by atoms with van der Waals surface area (Å²) >= 11 is 0. The highest BCUT2D eigenvalue weighted by Crippen LogP contribution is 2.26. The van der Waals surface area contributed by atoms with Crippen molar-refractivity contribution in [1.82, 2.24) is 15.5 Å². The highest BCUT2D eigenvalue weighted by Gasteiger charge is 2.22. The lowest BCUT2D eigenvalue weighted by molar-refractivity contribution is -0.136. The molecule has 0 spiro atoms. The van der Waals surface area contributed by atoms with Crippen LogP contribution in [0.3, 0.4) is 0 Å². The molecule has 27 heavy (non-hydrogen) atoms. The number of amides is 2. The molecule has 3 rings (SSSR count). The van der Waals surface area contributed by atoms with Crippen LogP contribution in [0.25, 0.3) is 0 Å². The van der Waals surface area contributed by atoms with Gasteiger partial charge in [-0.05, 0) is 25.8 Å². The molecule has 1 saturated carbocycles. The quantitative estimate of drug-likeness (QED) is 0.783. The van der Waals surface area contributed by atoms with Gasteiger partial charge in [0.1, 0.15) is 11.6 Å². The van der Waals surface area contributed by atoms with E-state index in [4.69, 9.17) is 4.52 Å². The molecule has 144 valence electrons. The van der Waals surface area contributed by atoms with E-state index < -0.39 is 11.8 Å². The molecule has 2 amide bonds. The Morgan fingerprint density at radius 3 is 2.74 bits per heavy atom. The van der Waals surface area contributed by atoms with Crippen molar-refractivity contribution in [2.24, 2.45) is 0 Å². The van der Waals surface area contributed by atoms with Crippen LogP contribution in [0, 0.1) is 6.92 Å². The van der Waals surface area contributed by atoms with Crippen LogP contribution in [0.2, 0.25) is 0 Å². The summed E-state index contributed by atoms with van der Waals surface area (Å²) < 4.78 is 4.86. The van der Waals surface area contributed by atoms with Gasteiger partial charge in [0.25, 0.3) is 0 Å². The first kappa shape index (κ1) is 18.9. The van der Waals surface area contributed by atoms with Crippen LogP contribution in [-0.4, -0.2) is 35.0 Å². The van der Waals surface area contributed by atoms with Crippen molar-refractivity contribution >= 4 is 23.5 Å². The van der Waals surface area contributed by atoms with E-state index in [1.807, 2.05) is 19.2 Å². The SMILES string of the molecule is Cc1cc(NC(=O)C(=O)NCc2cccnc2N(C)C2CCCCC2)no1. The Morgan fingerprint density at radius 1 is 1.26 bits per heavy atom. The summed E-state index contributed by atoms with van der Waals surface area (Å²) in [5.41, 5.74) is 0.879. The largest absolute Gasteiger partial charge is 0.360 e. The smallest absolute Gasteiger partial charge is 0.314 e. The zero-order chi connectivity index (χ0) is 19.2. The van der Waals surface area contributed by atoms with Crippen molar-refractivity contribution < 1.29 is 14.1 Å². The van der Waals surface area contributed by atoms with Crippen molar-refractivity contribution in [3.63, 3.8) is 0 Å². The molecule has 1 aliphatic rings. The Balaban J connectivity index is 1.60. The van der Waals surface area contributed by atoms with Gasteiger partial charge in [0, 0.05) is 37.5 Å². The van der Waals surface area contributed by atoms with Gasteiger partial charge in [-0.2, -0.15) is 0 Å². The van der Waals surface area contributed by atoms with E-state index >= 15 is 0 Å². The van der Waals surface area contributed by atoms with Crippen molar-refractivity contribution in [2.75, 3.05) is 17.3 Å². The van der Waals surface area contributed by atoms with E-state index in [9.17, 15) is 9.59 Å². The monoisotopic (exact) mass is 371 g/mol. The molecule has 0 atom stereocenters. The number of rotatable bonds is 5. The molecular weight excluding hydrogens is 346 g/mol. The third-order valence-electron chi connectivity index (χ3n) is 4.84. The van der Waals surface area contributed by atoms with E-state index in [0.29, 0.717) is 11.8 Å². The van der Waals surface area contributed by atoms with Crippen LogP contribution >= 0.6 is 0 Å². The Labute approximate surface area is 158 Å². The molecule has 0 bridgehead atoms. The Kier molecular flexibility index (Phi) is 6.05. The van der Waals surface area contributed by atoms with Gasteiger partial charge >= 0.3 is 11.8 Å². The molecule has 0 aliphatic heterocycles. The third kappa shape index (κ3) is 4.84. The highest BCUT2D eigenvalue weighted by atomic mass is 16.5. The van der Waals surface area contributed by atoms with Gasteiger partial charge in [-0.25, -0.2) is 4.98 Å². The number of nitrogens with one attached hydrogen (secondary N) is 2. The molecule has 1 fully saturated rings. The highest BCUT2D eigenvalue weighted by molar-refractivity contribution is 6.39. The Hall–Kier alpha value is -2.90. The first-order valence-electron chi connectivity index (χ1n) is 9.24. The average molecular weight is 371 g/mol. The molecule has 0 radical (unpaired) electrons. The first-order valence-corrected chi connectivity index (χ1v) is 9.24. The van der Waals surface area contributed by atoms with Crippen LogP contribution in [0.5, 0.6) is 0 Å². The summed E-state index contributed by atoms with van der Waals surface area (Å²) in [6, 6.07) is 5.75. The fraction of sp³-hybridized carbons (Fsp3) is 0.474. The zero-order valence-electron chi connectivity index (χ0n) is 15.7. The fourth-order valence-corrected chi connectivity index (χ4v) is 3.38. The maximum Gasteiger partial charge on any atom is 0.314 e. The lowest BCUT2D eigenvalue weighted by Crippen LogP contribution is -2.37. The van der Waals surface area contributed by atoms with Gasteiger partial charge in [0.2, 0.25) is 0 Å². The topological polar surface area (TPSA) is 100 Å². The summed E-state index contributed by atoms with van der Waals surface area (Å²) in [7, 11) is 2.04. The molecular formula is C19H25N5O3. The van der Waals surface area contributed by atoms with E-state index in [1.54, 1.807) is 19.2 Å². The number of aryl methyl sites for hydroxylation is 1. The van der Waals surface area contributed by atoms with Gasteiger partial charge < -0.3 is 14.7 Å². The summed E-state index contributed by atoms with van der Waals surface area (Å²) in [5.74, 6) is 0.0978. The van der Waals surface area contributed by atoms with Gasteiger partial charge in [0.05, 0.1) is 0 Å². The molecule has 2 N–H and O–H groups in total. The molecule has 8 nitrogen and oxygen atoms in total. The second-order valence-electron chi connectivity index (χ2n) is 6.85. The molecule has 8 heteroatoms. The number of nitrogens with zero attached hydrogens (tertiary/aromatic N) is 3. The summed E-state index contributed by atoms with van der Waals surface area (Å²) in [6.07, 6.45) is 7.80. The minimum atomic E-state index is -0.783. The minimum Gasteiger partial charge on any atom is -0.360 e. The third-order valence-corrected chi connectivity index (χ3v) is 4.84. The number of pyridine rings is 1. The number of hydrogen-bond acceptors (Lipinski definition) is 6. The Morgan fingerprint density at radius 2 is 2.04 bits per heavy atom. The first-order chi connectivity index (χ1) is 13.0. The van der Waals surface area contributed by atoms with Gasteiger partial charge in [-0.1, -0.05) is 30.5 Å². The van der Waals surface area contributed by atoms with Crippen molar-refractivity contribution in [1.29, 1.82) is 0 Å². The molecule has 0 saturated heterocycles. The van der Waals surface area contributed by atoms with Crippen molar-refractivity contribution in [3.8, 4) is 0 Å². The van der Waals surface area contributed by atoms with Crippen molar-refractivity contribution in [2.45, 2.75) is 51.6 Å².